The van der Waals surface area contributed by atoms with Crippen LogP contribution in [0.15, 0.2) is 164 Å². The number of anilines is 2. The molecular formula is C50H38CaCl2N6O12S2. The molecule has 8 aromatic carbocycles. The molecule has 0 heterocycles. The van der Waals surface area contributed by atoms with E-state index >= 15 is 0 Å². The number of carbonyl (C=O) groups is 2. The van der Waals surface area contributed by atoms with Gasteiger partial charge in [0.15, 0.2) is 5.75 Å². The fraction of sp³-hybridized carbons (Fsp3) is 0.0800. The zero-order chi connectivity index (χ0) is 52.1. The summed E-state index contributed by atoms with van der Waals surface area (Å²) in [5.74, 6) is -1.25. The molecule has 0 aliphatic rings. The number of methoxy groups -OCH3 is 2. The third kappa shape index (κ3) is 13.1. The van der Waals surface area contributed by atoms with E-state index in [4.69, 9.17) is 32.7 Å². The maximum Gasteiger partial charge on any atom is 2.00 e. The number of carbonyl (C=O) groups excluding carboxylic acids is 2. The number of nitrogens with zero attached hydrogens (tertiary/aromatic N) is 4. The summed E-state index contributed by atoms with van der Waals surface area (Å²) in [6.45, 7) is 3.29. The van der Waals surface area contributed by atoms with Crippen molar-refractivity contribution in [2.24, 2.45) is 20.5 Å². The van der Waals surface area contributed by atoms with Crippen LogP contribution in [0.4, 0.5) is 34.1 Å². The van der Waals surface area contributed by atoms with Gasteiger partial charge in [-0.3, -0.25) is 14.1 Å². The van der Waals surface area contributed by atoms with Gasteiger partial charge in [0.25, 0.3) is 21.9 Å². The number of azo groups is 2. The van der Waals surface area contributed by atoms with E-state index < -0.39 is 53.3 Å². The van der Waals surface area contributed by atoms with Gasteiger partial charge in [-0.2, -0.15) is 13.5 Å². The minimum Gasteiger partial charge on any atom is -0.870 e. The number of hydrogen-bond donors (Lipinski definition) is 4. The Labute approximate surface area is 457 Å². The van der Waals surface area contributed by atoms with Gasteiger partial charge in [-0.1, -0.05) is 77.5 Å². The predicted molar refractivity (Wildman–Crippen MR) is 275 cm³/mol. The number of aromatic hydroxyl groups is 1. The molecule has 0 fully saturated rings. The molecule has 2 amide bonds. The molecule has 8 aromatic rings. The Kier molecular flexibility index (Phi) is 17.8. The minimum atomic E-state index is -4.99. The molecule has 0 spiro atoms. The zero-order valence-corrected chi connectivity index (χ0v) is 44.1. The molecule has 73 heavy (non-hydrogen) atoms. The summed E-state index contributed by atoms with van der Waals surface area (Å²) < 4.78 is 78.9. The molecule has 0 unspecified atom stereocenters. The average Bonchev–Trinajstić information content (AvgIpc) is 3.32. The van der Waals surface area contributed by atoms with E-state index in [1.165, 1.54) is 50.6 Å². The molecule has 23 heteroatoms. The van der Waals surface area contributed by atoms with Crippen LogP contribution in [0.2, 0.25) is 10.0 Å². The van der Waals surface area contributed by atoms with Gasteiger partial charge in [-0.25, -0.2) is 8.42 Å². The molecule has 8 rings (SSSR count). The van der Waals surface area contributed by atoms with Crippen LogP contribution in [-0.2, 0) is 20.2 Å². The smallest absolute Gasteiger partial charge is 0.870 e. The number of halogens is 2. The predicted octanol–water partition coefficient (Wildman–Crippen LogP) is 11.5. The summed E-state index contributed by atoms with van der Waals surface area (Å²) in [5, 5.41) is 47.0. The number of amides is 2. The molecule has 0 aliphatic carbocycles. The largest absolute Gasteiger partial charge is 2.00 e. The third-order valence-electron chi connectivity index (χ3n) is 10.5. The summed E-state index contributed by atoms with van der Waals surface area (Å²) in [5.41, 5.74) is 0.953. The fourth-order valence-electron chi connectivity index (χ4n) is 7.20. The van der Waals surface area contributed by atoms with Crippen LogP contribution in [0.5, 0.6) is 23.0 Å². The van der Waals surface area contributed by atoms with Gasteiger partial charge in [0, 0.05) is 27.7 Å². The standard InChI is InChI=1S/2C25H20ClN3O6S.Ca/c2*1-14-11-20(26)24(36(32,33)34)21(12-14)28-29-22-18-6-4-3-5-15(18)13-19(23(22)30)25(31)27-16-7-9-17(35-2)10-8-16;/h2*3-13,30H,1-2H3,(H,27,31)(H,32,33,34);/q;;+2/p-2. The SMILES string of the molecule is COc1ccc(NC(=O)c2cc3ccccc3c(N=Nc3cc(C)cc(Cl)c3S(=O)(=O)O)c2O)cc1.COc1ccc(NC(=O)c2cc3ccccc3c(N=Nc3cc(C)cc(Cl)c3S(=O)(=O)[O-])c2[O-])cc1.[Ca+2]. The summed E-state index contributed by atoms with van der Waals surface area (Å²) in [7, 11) is -6.66. The Balaban J connectivity index is 0.000000235. The molecular weight excluding hydrogens is 1050 g/mol. The molecule has 0 bridgehead atoms. The van der Waals surface area contributed by atoms with Crippen LogP contribution < -0.4 is 25.2 Å². The molecule has 0 saturated heterocycles. The topological polar surface area (TPSA) is 281 Å². The Morgan fingerprint density at radius 3 is 1.47 bits per heavy atom. The van der Waals surface area contributed by atoms with Crippen molar-refractivity contribution in [1.29, 1.82) is 0 Å². The van der Waals surface area contributed by atoms with Crippen molar-refractivity contribution >= 4 is 149 Å². The van der Waals surface area contributed by atoms with Crippen LogP contribution in [0.3, 0.4) is 0 Å². The van der Waals surface area contributed by atoms with Crippen molar-refractivity contribution in [1.82, 2.24) is 0 Å². The van der Waals surface area contributed by atoms with Crippen molar-refractivity contribution in [3.8, 4) is 23.0 Å². The maximum absolute atomic E-state index is 13.3. The van der Waals surface area contributed by atoms with Crippen molar-refractivity contribution in [2.45, 2.75) is 23.6 Å². The van der Waals surface area contributed by atoms with Gasteiger partial charge in [-0.15, -0.1) is 15.3 Å². The van der Waals surface area contributed by atoms with Crippen LogP contribution >= 0.6 is 23.2 Å². The first-order valence-electron chi connectivity index (χ1n) is 20.9. The second kappa shape index (κ2) is 23.4. The Hall–Kier alpha value is -6.72. The number of nitrogens with one attached hydrogen (secondary N) is 2. The molecule has 0 atom stereocenters. The summed E-state index contributed by atoms with van der Waals surface area (Å²) in [6.07, 6.45) is 0. The Morgan fingerprint density at radius 2 is 1.00 bits per heavy atom. The fourth-order valence-corrected chi connectivity index (χ4v) is 9.63. The van der Waals surface area contributed by atoms with Gasteiger partial charge in [0.1, 0.15) is 48.5 Å². The van der Waals surface area contributed by atoms with Crippen molar-refractivity contribution in [3.05, 3.63) is 166 Å². The second-order valence-electron chi connectivity index (χ2n) is 15.5. The van der Waals surface area contributed by atoms with Gasteiger partial charge in [0.05, 0.1) is 35.5 Å². The number of ether oxygens (including phenoxy) is 2. The zero-order valence-electron chi connectivity index (χ0n) is 38.7. The second-order valence-corrected chi connectivity index (χ2v) is 19.0. The number of phenols is 1. The van der Waals surface area contributed by atoms with Gasteiger partial charge in [0.2, 0.25) is 0 Å². The Bertz CT molecular complexity index is 3490. The van der Waals surface area contributed by atoms with E-state index in [9.17, 15) is 45.7 Å². The number of benzene rings is 8. The average molecular weight is 1090 g/mol. The van der Waals surface area contributed by atoms with Crippen molar-refractivity contribution in [3.63, 3.8) is 0 Å². The van der Waals surface area contributed by atoms with Crippen LogP contribution in [0.25, 0.3) is 21.5 Å². The molecule has 18 nitrogen and oxygen atoms in total. The first kappa shape index (κ1) is 55.6. The molecule has 0 aliphatic heterocycles. The first-order valence-corrected chi connectivity index (χ1v) is 24.5. The van der Waals surface area contributed by atoms with E-state index in [0.717, 1.165) is 0 Å². The monoisotopic (exact) mass is 1090 g/mol. The maximum atomic E-state index is 13.3. The number of rotatable bonds is 12. The van der Waals surface area contributed by atoms with E-state index in [-0.39, 0.29) is 81.7 Å². The van der Waals surface area contributed by atoms with Crippen molar-refractivity contribution < 1.29 is 55.2 Å². The van der Waals surface area contributed by atoms with Crippen LogP contribution in [0, 0.1) is 13.8 Å². The quantitative estimate of drug-likeness (QED) is 0.0505. The van der Waals surface area contributed by atoms with Gasteiger partial charge < -0.3 is 34.9 Å². The number of phenolic OH excluding ortho intramolecular Hbond substituents is 1. The van der Waals surface area contributed by atoms with Gasteiger partial charge >= 0.3 is 37.7 Å². The van der Waals surface area contributed by atoms with Crippen LogP contribution in [-0.4, -0.2) is 94.8 Å². The number of hydrogen-bond acceptors (Lipinski definition) is 15. The van der Waals surface area contributed by atoms with Crippen molar-refractivity contribution in [2.75, 3.05) is 24.9 Å². The molecule has 4 N–H and O–H groups in total. The molecule has 0 aromatic heterocycles. The normalized spacial score (nSPS) is 11.5. The number of fused-ring (bicyclic) bond motifs is 2. The molecule has 368 valence electrons. The summed E-state index contributed by atoms with van der Waals surface area (Å²) in [4.78, 5) is 24.7. The van der Waals surface area contributed by atoms with E-state index in [1.807, 2.05) is 0 Å². The Morgan fingerprint density at radius 1 is 0.589 bits per heavy atom. The molecule has 0 radical (unpaired) electrons. The third-order valence-corrected chi connectivity index (χ3v) is 13.2. The van der Waals surface area contributed by atoms with E-state index in [0.29, 0.717) is 55.5 Å². The van der Waals surface area contributed by atoms with E-state index in [2.05, 4.69) is 31.1 Å². The first-order chi connectivity index (χ1) is 34.2. The van der Waals surface area contributed by atoms with Crippen LogP contribution in [0.1, 0.15) is 31.8 Å². The van der Waals surface area contributed by atoms with E-state index in [1.54, 1.807) is 111 Å². The summed E-state index contributed by atoms with van der Waals surface area (Å²) in [6, 6.07) is 35.1. The summed E-state index contributed by atoms with van der Waals surface area (Å²) >= 11 is 12.0. The molecule has 0 saturated carbocycles. The van der Waals surface area contributed by atoms with Gasteiger partial charge in [-0.05, 0) is 121 Å². The number of aryl methyl sites for hydroxylation is 2. The minimum absolute atomic E-state index is 0.